The highest BCUT2D eigenvalue weighted by molar-refractivity contribution is 5.91. The number of carboxylic acid groups (broad SMARTS) is 1. The Balaban J connectivity index is 1.96. The third-order valence-corrected chi connectivity index (χ3v) is 3.58. The van der Waals surface area contributed by atoms with Crippen molar-refractivity contribution in [1.29, 1.82) is 0 Å². The van der Waals surface area contributed by atoms with E-state index in [2.05, 4.69) is 20.1 Å². The molecular weight excluding hydrogens is 280 g/mol. The number of rotatable bonds is 4. The van der Waals surface area contributed by atoms with Gasteiger partial charge in [0.05, 0.1) is 6.33 Å². The average Bonchev–Trinajstić information content (AvgIpc) is 3.16. The second kappa shape index (κ2) is 5.26. The summed E-state index contributed by atoms with van der Waals surface area (Å²) < 4.78 is 16.0. The third kappa shape index (κ3) is 2.30. The fourth-order valence-electron chi connectivity index (χ4n) is 2.35. The molecule has 9 heteroatoms. The number of hydrogen-bond donors (Lipinski definition) is 2. The molecule has 0 saturated carbocycles. The predicted molar refractivity (Wildman–Crippen MR) is 67.6 cm³/mol. The number of H-pyrrole nitrogens is 1. The summed E-state index contributed by atoms with van der Waals surface area (Å²) >= 11 is 0. The van der Waals surface area contributed by atoms with Crippen molar-refractivity contribution in [2.75, 3.05) is 20.3 Å². The number of carboxylic acids is 1. The molecule has 0 aromatic carbocycles. The second-order valence-corrected chi connectivity index (χ2v) is 4.67. The van der Waals surface area contributed by atoms with Crippen molar-refractivity contribution >= 4 is 5.97 Å². The van der Waals surface area contributed by atoms with Crippen LogP contribution in [0.1, 0.15) is 29.2 Å². The Morgan fingerprint density at radius 1 is 1.48 bits per heavy atom. The van der Waals surface area contributed by atoms with E-state index in [1.165, 1.54) is 6.33 Å². The summed E-state index contributed by atoms with van der Waals surface area (Å²) in [7, 11) is 1.58. The van der Waals surface area contributed by atoms with Gasteiger partial charge < -0.3 is 24.1 Å². The molecule has 0 unspecified atom stereocenters. The topological polar surface area (TPSA) is 123 Å². The Hall–Kier alpha value is -2.26. The van der Waals surface area contributed by atoms with Gasteiger partial charge in [0.15, 0.2) is 5.69 Å². The van der Waals surface area contributed by atoms with Gasteiger partial charge in [-0.05, 0) is 0 Å². The molecule has 1 fully saturated rings. The van der Waals surface area contributed by atoms with Gasteiger partial charge in [-0.3, -0.25) is 0 Å². The minimum atomic E-state index is -1.17. The molecule has 0 amide bonds. The van der Waals surface area contributed by atoms with E-state index in [-0.39, 0.29) is 17.3 Å². The molecule has 0 aliphatic carbocycles. The van der Waals surface area contributed by atoms with Gasteiger partial charge in [-0.2, -0.15) is 4.98 Å². The molecule has 0 bridgehead atoms. The van der Waals surface area contributed by atoms with Crippen LogP contribution in [0.25, 0.3) is 11.6 Å². The minimum Gasteiger partial charge on any atom is -0.476 e. The van der Waals surface area contributed by atoms with Crippen molar-refractivity contribution in [2.45, 2.75) is 18.4 Å². The van der Waals surface area contributed by atoms with E-state index in [1.807, 2.05) is 0 Å². The second-order valence-electron chi connectivity index (χ2n) is 4.67. The van der Waals surface area contributed by atoms with Gasteiger partial charge in [0.2, 0.25) is 5.82 Å². The zero-order chi connectivity index (χ0) is 14.9. The molecule has 3 rings (SSSR count). The summed E-state index contributed by atoms with van der Waals surface area (Å²) in [6.07, 6.45) is 2.48. The van der Waals surface area contributed by atoms with Gasteiger partial charge in [-0.1, -0.05) is 5.16 Å². The van der Waals surface area contributed by atoms with Gasteiger partial charge >= 0.3 is 5.97 Å². The van der Waals surface area contributed by atoms with Crippen molar-refractivity contribution in [3.8, 4) is 11.6 Å². The number of carbonyl (C=O) groups is 1. The number of ether oxygens (including phenoxy) is 2. The highest BCUT2D eigenvalue weighted by Gasteiger charge is 2.39. The maximum atomic E-state index is 11.1. The molecule has 9 nitrogen and oxygen atoms in total. The molecule has 0 radical (unpaired) electrons. The first-order chi connectivity index (χ1) is 10.2. The van der Waals surface area contributed by atoms with Crippen LogP contribution >= 0.6 is 0 Å². The van der Waals surface area contributed by atoms with Crippen LogP contribution in [0.3, 0.4) is 0 Å². The van der Waals surface area contributed by atoms with Crippen LogP contribution in [-0.4, -0.2) is 51.5 Å². The van der Waals surface area contributed by atoms with Crippen LogP contribution < -0.4 is 0 Å². The summed E-state index contributed by atoms with van der Waals surface area (Å²) in [5.74, 6) is -0.712. The minimum absolute atomic E-state index is 0.0721. The fourth-order valence-corrected chi connectivity index (χ4v) is 2.35. The van der Waals surface area contributed by atoms with E-state index in [0.717, 1.165) is 0 Å². The zero-order valence-electron chi connectivity index (χ0n) is 11.3. The number of nitrogens with one attached hydrogen (secondary N) is 1. The standard InChI is InChI=1S/C12H14N4O5/c1-19-12(2-4-20-5-3-12)11-15-9(21-16-11)7-8(10(17)18)14-6-13-7/h6H,2-5H2,1H3,(H,13,14)(H,17,18). The van der Waals surface area contributed by atoms with Gasteiger partial charge in [0.1, 0.15) is 11.3 Å². The quantitative estimate of drug-likeness (QED) is 0.849. The lowest BCUT2D eigenvalue weighted by molar-refractivity contribution is -0.101. The maximum Gasteiger partial charge on any atom is 0.356 e. The Labute approximate surface area is 119 Å². The Bertz CT molecular complexity index is 644. The van der Waals surface area contributed by atoms with Crippen LogP contribution in [0.2, 0.25) is 0 Å². The molecule has 1 aliphatic heterocycles. The monoisotopic (exact) mass is 294 g/mol. The number of aromatic carboxylic acids is 1. The van der Waals surface area contributed by atoms with Gasteiger partial charge in [-0.15, -0.1) is 0 Å². The van der Waals surface area contributed by atoms with Crippen molar-refractivity contribution in [3.05, 3.63) is 17.8 Å². The lowest BCUT2D eigenvalue weighted by atomic mass is 9.93. The summed E-state index contributed by atoms with van der Waals surface area (Å²) in [6, 6.07) is 0. The molecule has 2 aromatic heterocycles. The first-order valence-electron chi connectivity index (χ1n) is 6.40. The SMILES string of the molecule is COC1(c2noc(-c3[nH]cnc3C(=O)O)n2)CCOCC1. The molecule has 21 heavy (non-hydrogen) atoms. The van der Waals surface area contributed by atoms with Gasteiger partial charge in [0, 0.05) is 33.2 Å². The van der Waals surface area contributed by atoms with Crippen LogP contribution in [0.4, 0.5) is 0 Å². The van der Waals surface area contributed by atoms with E-state index in [0.29, 0.717) is 31.9 Å². The zero-order valence-corrected chi connectivity index (χ0v) is 11.3. The number of methoxy groups -OCH3 is 1. The Morgan fingerprint density at radius 2 is 2.24 bits per heavy atom. The largest absolute Gasteiger partial charge is 0.476 e. The maximum absolute atomic E-state index is 11.1. The van der Waals surface area contributed by atoms with Gasteiger partial charge in [0.25, 0.3) is 5.89 Å². The molecular formula is C12H14N4O5. The molecule has 1 saturated heterocycles. The van der Waals surface area contributed by atoms with E-state index in [4.69, 9.17) is 19.1 Å². The molecule has 0 atom stereocenters. The number of nitrogens with zero attached hydrogens (tertiary/aromatic N) is 3. The number of imidazole rings is 1. The Kier molecular flexibility index (Phi) is 3.43. The van der Waals surface area contributed by atoms with Crippen molar-refractivity contribution in [1.82, 2.24) is 20.1 Å². The van der Waals surface area contributed by atoms with Crippen molar-refractivity contribution < 1.29 is 23.9 Å². The van der Waals surface area contributed by atoms with E-state index in [1.54, 1.807) is 7.11 Å². The average molecular weight is 294 g/mol. The smallest absolute Gasteiger partial charge is 0.356 e. The first-order valence-corrected chi connectivity index (χ1v) is 6.40. The van der Waals surface area contributed by atoms with E-state index >= 15 is 0 Å². The van der Waals surface area contributed by atoms with E-state index < -0.39 is 11.6 Å². The van der Waals surface area contributed by atoms with Crippen molar-refractivity contribution in [3.63, 3.8) is 0 Å². The third-order valence-electron chi connectivity index (χ3n) is 3.58. The highest BCUT2D eigenvalue weighted by Crippen LogP contribution is 2.34. The van der Waals surface area contributed by atoms with Crippen LogP contribution in [0, 0.1) is 0 Å². The lowest BCUT2D eigenvalue weighted by Gasteiger charge is -2.32. The molecule has 3 heterocycles. The molecule has 2 aromatic rings. The highest BCUT2D eigenvalue weighted by atomic mass is 16.5. The normalized spacial score (nSPS) is 17.8. The van der Waals surface area contributed by atoms with Crippen LogP contribution in [0.5, 0.6) is 0 Å². The van der Waals surface area contributed by atoms with Crippen molar-refractivity contribution in [2.24, 2.45) is 0 Å². The summed E-state index contributed by atoms with van der Waals surface area (Å²) in [5.41, 5.74) is -0.646. The summed E-state index contributed by atoms with van der Waals surface area (Å²) in [6.45, 7) is 1.09. The molecule has 112 valence electrons. The van der Waals surface area contributed by atoms with Crippen LogP contribution in [0.15, 0.2) is 10.9 Å². The molecule has 1 aliphatic rings. The number of aromatic nitrogens is 4. The van der Waals surface area contributed by atoms with E-state index in [9.17, 15) is 4.79 Å². The van der Waals surface area contributed by atoms with Gasteiger partial charge in [-0.25, -0.2) is 9.78 Å². The summed E-state index contributed by atoms with van der Waals surface area (Å²) in [4.78, 5) is 21.8. The molecule has 2 N–H and O–H groups in total. The number of hydrogen-bond acceptors (Lipinski definition) is 7. The fraction of sp³-hybridized carbons (Fsp3) is 0.500. The first kappa shape index (κ1) is 13.7. The molecule has 0 spiro atoms. The lowest BCUT2D eigenvalue weighted by Crippen LogP contribution is -2.36. The number of aromatic amines is 1. The Morgan fingerprint density at radius 3 is 2.90 bits per heavy atom. The predicted octanol–water partition coefficient (Wildman–Crippen LogP) is 0.810. The summed E-state index contributed by atoms with van der Waals surface area (Å²) in [5, 5.41) is 13.0. The van der Waals surface area contributed by atoms with Crippen LogP contribution in [-0.2, 0) is 15.1 Å².